The van der Waals surface area contributed by atoms with E-state index in [2.05, 4.69) is 5.32 Å². The van der Waals surface area contributed by atoms with E-state index < -0.39 is 6.04 Å². The first-order chi connectivity index (χ1) is 8.59. The molecule has 1 aliphatic heterocycles. The minimum atomic E-state index is -0.577. The van der Waals surface area contributed by atoms with Crippen LogP contribution in [-0.2, 0) is 9.59 Å². The molecule has 3 N–H and O–H groups in total. The number of amides is 2. The number of anilines is 2. The summed E-state index contributed by atoms with van der Waals surface area (Å²) < 4.78 is 0. The lowest BCUT2D eigenvalue weighted by Gasteiger charge is -2.20. The fourth-order valence-corrected chi connectivity index (χ4v) is 1.96. The summed E-state index contributed by atoms with van der Waals surface area (Å²) in [5, 5.41) is 2.75. The number of carbonyl (C=O) groups is 2. The topological polar surface area (TPSA) is 75.4 Å². The summed E-state index contributed by atoms with van der Waals surface area (Å²) in [6, 6.07) is 6.71. The molecule has 1 fully saturated rings. The van der Waals surface area contributed by atoms with Gasteiger partial charge >= 0.3 is 0 Å². The Morgan fingerprint density at radius 3 is 2.68 bits per heavy atom. The van der Waals surface area contributed by atoms with Gasteiger partial charge in [0, 0.05) is 13.0 Å². The average molecular weight is 284 g/mol. The molecule has 2 amide bonds. The molecule has 0 spiro atoms. The lowest BCUT2D eigenvalue weighted by atomic mass is 10.2. The third-order valence-electron chi connectivity index (χ3n) is 2.94. The summed E-state index contributed by atoms with van der Waals surface area (Å²) in [6.45, 7) is 2.32. The first-order valence-corrected chi connectivity index (χ1v) is 6.05. The van der Waals surface area contributed by atoms with Crippen LogP contribution in [0.25, 0.3) is 0 Å². The quantitative estimate of drug-likeness (QED) is 0.883. The minimum absolute atomic E-state index is 0. The van der Waals surface area contributed by atoms with Crippen molar-refractivity contribution in [2.75, 3.05) is 16.8 Å². The molecule has 5 nitrogen and oxygen atoms in total. The van der Waals surface area contributed by atoms with Gasteiger partial charge in [0.25, 0.3) is 0 Å². The highest BCUT2D eigenvalue weighted by Crippen LogP contribution is 2.29. The van der Waals surface area contributed by atoms with E-state index in [1.54, 1.807) is 17.9 Å². The molecule has 1 saturated heterocycles. The normalized spacial score (nSPS) is 15.9. The molecule has 0 aromatic heterocycles. The highest BCUT2D eigenvalue weighted by Gasteiger charge is 2.24. The molecule has 0 saturated carbocycles. The molecule has 1 atom stereocenters. The van der Waals surface area contributed by atoms with E-state index in [1.807, 2.05) is 18.2 Å². The number of nitrogens with one attached hydrogen (secondary N) is 1. The number of rotatable bonds is 3. The summed E-state index contributed by atoms with van der Waals surface area (Å²) in [5.74, 6) is -0.161. The molecule has 1 aromatic carbocycles. The SMILES string of the molecule is C[C@@H](N)C(=O)Nc1ccccc1N1CCCC1=O.Cl. The minimum Gasteiger partial charge on any atom is -0.323 e. The van der Waals surface area contributed by atoms with E-state index in [4.69, 9.17) is 5.73 Å². The van der Waals surface area contributed by atoms with Gasteiger partial charge in [-0.1, -0.05) is 12.1 Å². The Kier molecular flexibility index (Phi) is 5.32. The zero-order valence-corrected chi connectivity index (χ0v) is 11.6. The lowest BCUT2D eigenvalue weighted by molar-refractivity contribution is -0.118. The Hall–Kier alpha value is -1.59. The maximum absolute atomic E-state index is 11.7. The van der Waals surface area contributed by atoms with Crippen molar-refractivity contribution in [2.24, 2.45) is 5.73 Å². The van der Waals surface area contributed by atoms with Crippen LogP contribution in [0.2, 0.25) is 0 Å². The van der Waals surface area contributed by atoms with Crippen molar-refractivity contribution >= 4 is 35.6 Å². The molecule has 1 aromatic rings. The second kappa shape index (κ2) is 6.54. The molecule has 0 bridgehead atoms. The van der Waals surface area contributed by atoms with E-state index in [0.29, 0.717) is 18.7 Å². The van der Waals surface area contributed by atoms with Crippen LogP contribution in [0.3, 0.4) is 0 Å². The molecule has 0 aliphatic carbocycles. The van der Waals surface area contributed by atoms with Crippen LogP contribution >= 0.6 is 12.4 Å². The van der Waals surface area contributed by atoms with Gasteiger partial charge in [0.1, 0.15) is 0 Å². The molecule has 1 heterocycles. The van der Waals surface area contributed by atoms with Gasteiger partial charge in [0.05, 0.1) is 17.4 Å². The van der Waals surface area contributed by atoms with Gasteiger partial charge < -0.3 is 16.0 Å². The van der Waals surface area contributed by atoms with Gasteiger partial charge in [0.15, 0.2) is 0 Å². The van der Waals surface area contributed by atoms with E-state index in [0.717, 1.165) is 12.1 Å². The van der Waals surface area contributed by atoms with Crippen LogP contribution < -0.4 is 16.0 Å². The molecule has 6 heteroatoms. The average Bonchev–Trinajstić information content (AvgIpc) is 2.76. The lowest BCUT2D eigenvalue weighted by Crippen LogP contribution is -2.33. The number of nitrogens with two attached hydrogens (primary N) is 1. The van der Waals surface area contributed by atoms with Gasteiger partial charge in [-0.2, -0.15) is 0 Å². The summed E-state index contributed by atoms with van der Waals surface area (Å²) in [6.07, 6.45) is 1.42. The molecule has 2 rings (SSSR count). The fourth-order valence-electron chi connectivity index (χ4n) is 1.96. The van der Waals surface area contributed by atoms with Gasteiger partial charge in [-0.15, -0.1) is 12.4 Å². The molecular weight excluding hydrogens is 266 g/mol. The van der Waals surface area contributed by atoms with Crippen LogP contribution in [0, 0.1) is 0 Å². The van der Waals surface area contributed by atoms with Crippen LogP contribution in [-0.4, -0.2) is 24.4 Å². The van der Waals surface area contributed by atoms with Crippen molar-refractivity contribution in [3.8, 4) is 0 Å². The van der Waals surface area contributed by atoms with Crippen LogP contribution in [0.15, 0.2) is 24.3 Å². The summed E-state index contributed by atoms with van der Waals surface area (Å²) in [4.78, 5) is 25.1. The Labute approximate surface area is 118 Å². The number of para-hydroxylation sites is 2. The van der Waals surface area contributed by atoms with Gasteiger partial charge in [-0.3, -0.25) is 9.59 Å². The van der Waals surface area contributed by atoms with Crippen molar-refractivity contribution in [1.29, 1.82) is 0 Å². The van der Waals surface area contributed by atoms with Gasteiger partial charge in [-0.05, 0) is 25.5 Å². The third-order valence-corrected chi connectivity index (χ3v) is 2.94. The van der Waals surface area contributed by atoms with Crippen molar-refractivity contribution in [1.82, 2.24) is 0 Å². The summed E-state index contributed by atoms with van der Waals surface area (Å²) >= 11 is 0. The van der Waals surface area contributed by atoms with Crippen molar-refractivity contribution in [2.45, 2.75) is 25.8 Å². The third kappa shape index (κ3) is 3.45. The smallest absolute Gasteiger partial charge is 0.241 e. The maximum Gasteiger partial charge on any atom is 0.241 e. The Balaban J connectivity index is 0.00000180. The van der Waals surface area contributed by atoms with Crippen molar-refractivity contribution in [3.63, 3.8) is 0 Å². The monoisotopic (exact) mass is 283 g/mol. The van der Waals surface area contributed by atoms with Gasteiger partial charge in [-0.25, -0.2) is 0 Å². The molecule has 104 valence electrons. The number of hydrogen-bond donors (Lipinski definition) is 2. The first-order valence-electron chi connectivity index (χ1n) is 6.05. The molecule has 0 unspecified atom stereocenters. The second-order valence-electron chi connectivity index (χ2n) is 4.44. The zero-order chi connectivity index (χ0) is 13.1. The second-order valence-corrected chi connectivity index (χ2v) is 4.44. The van der Waals surface area contributed by atoms with Crippen molar-refractivity contribution < 1.29 is 9.59 Å². The Morgan fingerprint density at radius 1 is 1.42 bits per heavy atom. The predicted molar refractivity (Wildman–Crippen MR) is 77.6 cm³/mol. The molecule has 1 aliphatic rings. The standard InChI is InChI=1S/C13H17N3O2.ClH/c1-9(14)13(18)15-10-5-2-3-6-11(10)16-8-4-7-12(16)17;/h2-3,5-6,9H,4,7-8,14H2,1H3,(H,15,18);1H/t9-;/m1./s1. The Morgan fingerprint density at radius 2 is 2.11 bits per heavy atom. The molecule has 0 radical (unpaired) electrons. The number of benzene rings is 1. The molecular formula is C13H18ClN3O2. The van der Waals surface area contributed by atoms with Crippen LogP contribution in [0.4, 0.5) is 11.4 Å². The number of nitrogens with zero attached hydrogens (tertiary/aromatic N) is 1. The van der Waals surface area contributed by atoms with Crippen molar-refractivity contribution in [3.05, 3.63) is 24.3 Å². The predicted octanol–water partition coefficient (Wildman–Crippen LogP) is 1.52. The number of carbonyl (C=O) groups excluding carboxylic acids is 2. The summed E-state index contributed by atoms with van der Waals surface area (Å²) in [7, 11) is 0. The fraction of sp³-hybridized carbons (Fsp3) is 0.385. The van der Waals surface area contributed by atoms with Crippen LogP contribution in [0.1, 0.15) is 19.8 Å². The highest BCUT2D eigenvalue weighted by atomic mass is 35.5. The summed E-state index contributed by atoms with van der Waals surface area (Å²) in [5.41, 5.74) is 6.90. The Bertz CT molecular complexity index is 477. The first kappa shape index (κ1) is 15.5. The van der Waals surface area contributed by atoms with E-state index >= 15 is 0 Å². The highest BCUT2D eigenvalue weighted by molar-refractivity contribution is 6.03. The molecule has 19 heavy (non-hydrogen) atoms. The maximum atomic E-state index is 11.7. The van der Waals surface area contributed by atoms with Gasteiger partial charge in [0.2, 0.25) is 11.8 Å². The largest absolute Gasteiger partial charge is 0.323 e. The van der Waals surface area contributed by atoms with E-state index in [9.17, 15) is 9.59 Å². The zero-order valence-electron chi connectivity index (χ0n) is 10.8. The van der Waals surface area contributed by atoms with Crippen LogP contribution in [0.5, 0.6) is 0 Å². The number of hydrogen-bond acceptors (Lipinski definition) is 3. The van der Waals surface area contributed by atoms with E-state index in [-0.39, 0.29) is 24.2 Å². The number of halogens is 1. The van der Waals surface area contributed by atoms with E-state index in [1.165, 1.54) is 0 Å².